The van der Waals surface area contributed by atoms with E-state index >= 15 is 0 Å². The van der Waals surface area contributed by atoms with Gasteiger partial charge in [-0.05, 0) is 50.1 Å². The fraction of sp³-hybridized carbons (Fsp3) is 0.0833. The summed E-state index contributed by atoms with van der Waals surface area (Å²) in [7, 11) is 0. The molecule has 0 saturated carbocycles. The van der Waals surface area contributed by atoms with E-state index < -0.39 is 11.2 Å². The monoisotopic (exact) mass is 801 g/mol. The Morgan fingerprint density at radius 3 is 0.645 bits per heavy atom. The third-order valence-electron chi connectivity index (χ3n) is 11.9. The van der Waals surface area contributed by atoms with Crippen molar-refractivity contribution in [3.8, 4) is 0 Å². The van der Waals surface area contributed by atoms with E-state index in [2.05, 4.69) is 279 Å². The Bertz CT molecular complexity index is 2270. The van der Waals surface area contributed by atoms with Crippen LogP contribution in [0, 0.1) is 6.42 Å². The van der Waals surface area contributed by atoms with Gasteiger partial charge < -0.3 is 9.47 Å². The summed E-state index contributed by atoms with van der Waals surface area (Å²) in [6, 6.07) is 95.6. The van der Waals surface area contributed by atoms with E-state index in [1.165, 1.54) is 16.7 Å². The van der Waals surface area contributed by atoms with E-state index in [4.69, 9.17) is 9.47 Å². The molecule has 2 nitrogen and oxygen atoms in total. The van der Waals surface area contributed by atoms with Crippen LogP contribution in [-0.2, 0) is 26.1 Å². The van der Waals surface area contributed by atoms with Crippen LogP contribution in [0.3, 0.4) is 0 Å². The summed E-state index contributed by atoms with van der Waals surface area (Å²) in [4.78, 5) is 0. The first-order chi connectivity index (χ1) is 30.7. The molecular weight excluding hydrogens is 753 g/mol. The quantitative estimate of drug-likeness (QED) is 0.0856. The Labute approximate surface area is 366 Å². The summed E-state index contributed by atoms with van der Waals surface area (Å²) in [5, 5.41) is 0. The third kappa shape index (κ3) is 8.07. The summed E-state index contributed by atoms with van der Waals surface area (Å²) in [5.41, 5.74) is 8.06. The molecule has 0 aromatic heterocycles. The maximum Gasteiger partial charge on any atom is 0.145 e. The fourth-order valence-electron chi connectivity index (χ4n) is 8.94. The van der Waals surface area contributed by atoms with E-state index in [1.54, 1.807) is 0 Å². The van der Waals surface area contributed by atoms with Crippen LogP contribution in [-0.4, -0.2) is 12.7 Å². The van der Waals surface area contributed by atoms with Gasteiger partial charge in [-0.25, -0.2) is 0 Å². The normalized spacial score (nSPS) is 13.6. The minimum absolute atomic E-state index is 0.218. The van der Waals surface area contributed by atoms with Gasteiger partial charge in [0.25, 0.3) is 0 Å². The maximum atomic E-state index is 7.94. The van der Waals surface area contributed by atoms with Gasteiger partial charge in [-0.15, -0.1) is 0 Å². The van der Waals surface area contributed by atoms with Crippen molar-refractivity contribution in [2.75, 3.05) is 6.61 Å². The van der Waals surface area contributed by atoms with Gasteiger partial charge in [-0.2, -0.15) is 0 Å². The lowest BCUT2D eigenvalue weighted by Crippen LogP contribution is -2.44. The van der Waals surface area contributed by atoms with Gasteiger partial charge in [0, 0.05) is 6.42 Å². The predicted octanol–water partition coefficient (Wildman–Crippen LogP) is 13.6. The van der Waals surface area contributed by atoms with Gasteiger partial charge >= 0.3 is 0 Å². The van der Waals surface area contributed by atoms with Crippen molar-refractivity contribution in [2.45, 2.75) is 22.7 Å². The van der Waals surface area contributed by atoms with Crippen LogP contribution in [0.5, 0.6) is 0 Å². The minimum Gasteiger partial charge on any atom is -0.373 e. The number of epoxide rings is 1. The molecule has 1 unspecified atom stereocenters. The topological polar surface area (TPSA) is 21.8 Å². The standard InChI is InChI=1S/C38H30O.C22H19O/c1-7-19-31(20-8-1)37(32-21-9-2-10-22-32,33-23-11-3-12-24-33)39-38(34-25-13-4-14-26-34,35-27-15-5-16-28-35)36-29-17-6-18-30-36;1-4-10-18(11-5-1)22(16-21-17-23-21,19-12-6-2-7-13-19)20-14-8-3-9-15-20/h1-30H;1-16,21H,17H2. The second kappa shape index (κ2) is 18.7. The molecule has 1 atom stereocenters. The Balaban J connectivity index is 0.000000181. The second-order valence-electron chi connectivity index (χ2n) is 15.6. The van der Waals surface area contributed by atoms with Crippen LogP contribution >= 0.6 is 0 Å². The van der Waals surface area contributed by atoms with Crippen molar-refractivity contribution in [1.82, 2.24) is 0 Å². The molecule has 62 heavy (non-hydrogen) atoms. The zero-order valence-corrected chi connectivity index (χ0v) is 34.7. The molecule has 1 saturated heterocycles. The molecule has 0 bridgehead atoms. The summed E-state index contributed by atoms with van der Waals surface area (Å²) < 4.78 is 13.5. The highest BCUT2D eigenvalue weighted by molar-refractivity contribution is 5.55. The zero-order chi connectivity index (χ0) is 41.9. The van der Waals surface area contributed by atoms with Crippen molar-refractivity contribution in [3.05, 3.63) is 329 Å². The summed E-state index contributed by atoms with van der Waals surface area (Å²) in [6.45, 7) is 0.814. The summed E-state index contributed by atoms with van der Waals surface area (Å²) in [5.74, 6) is 0. The van der Waals surface area contributed by atoms with Gasteiger partial charge in [-0.1, -0.05) is 273 Å². The first-order valence-electron chi connectivity index (χ1n) is 21.4. The lowest BCUT2D eigenvalue weighted by molar-refractivity contribution is -0.0810. The van der Waals surface area contributed by atoms with E-state index in [0.29, 0.717) is 0 Å². The largest absolute Gasteiger partial charge is 0.373 e. The molecule has 10 rings (SSSR count). The lowest BCUT2D eigenvalue weighted by atomic mass is 9.67. The number of hydrogen-bond donors (Lipinski definition) is 0. The van der Waals surface area contributed by atoms with Gasteiger partial charge in [0.2, 0.25) is 0 Å². The molecule has 1 aliphatic heterocycles. The van der Waals surface area contributed by atoms with Gasteiger partial charge in [0.05, 0.1) is 18.1 Å². The highest BCUT2D eigenvalue weighted by atomic mass is 16.6. The van der Waals surface area contributed by atoms with Crippen LogP contribution in [0.25, 0.3) is 0 Å². The Morgan fingerprint density at radius 1 is 0.290 bits per heavy atom. The number of rotatable bonds is 13. The van der Waals surface area contributed by atoms with E-state index in [0.717, 1.165) is 40.0 Å². The smallest absolute Gasteiger partial charge is 0.145 e. The Hall–Kier alpha value is -7.10. The SMILES string of the molecule is [CH](C1CO1)C(c1ccccc1)(c1ccccc1)c1ccccc1.c1ccc(C(OC(c2ccccc2)(c2ccccc2)c2ccccc2)(c2ccccc2)c2ccccc2)cc1. The van der Waals surface area contributed by atoms with Crippen LogP contribution < -0.4 is 0 Å². The average molecular weight is 802 g/mol. The Morgan fingerprint density at radius 2 is 0.468 bits per heavy atom. The first kappa shape index (κ1) is 40.3. The molecular formula is C60H49O2. The number of ether oxygens (including phenoxy) is 2. The van der Waals surface area contributed by atoms with Crippen molar-refractivity contribution in [1.29, 1.82) is 0 Å². The molecule has 1 heterocycles. The van der Waals surface area contributed by atoms with E-state index in [1.807, 2.05) is 0 Å². The number of hydrogen-bond acceptors (Lipinski definition) is 2. The van der Waals surface area contributed by atoms with Crippen molar-refractivity contribution in [2.24, 2.45) is 0 Å². The van der Waals surface area contributed by atoms with Gasteiger partial charge in [-0.3, -0.25) is 0 Å². The van der Waals surface area contributed by atoms with Crippen LogP contribution in [0.2, 0.25) is 0 Å². The second-order valence-corrected chi connectivity index (χ2v) is 15.6. The lowest BCUT2D eigenvalue weighted by Gasteiger charge is -2.46. The van der Waals surface area contributed by atoms with Crippen LogP contribution in [0.1, 0.15) is 50.1 Å². The summed E-state index contributed by atoms with van der Waals surface area (Å²) in [6.07, 6.45) is 2.57. The predicted molar refractivity (Wildman–Crippen MR) is 253 cm³/mol. The Kier molecular flexibility index (Phi) is 12.1. The molecule has 0 aliphatic carbocycles. The number of benzene rings is 9. The van der Waals surface area contributed by atoms with Crippen LogP contribution in [0.4, 0.5) is 0 Å². The molecule has 2 heteroatoms. The molecule has 0 N–H and O–H groups in total. The molecule has 301 valence electrons. The van der Waals surface area contributed by atoms with Gasteiger partial charge in [0.1, 0.15) is 11.2 Å². The van der Waals surface area contributed by atoms with E-state index in [-0.39, 0.29) is 11.5 Å². The molecule has 0 spiro atoms. The molecule has 9 aromatic carbocycles. The average Bonchev–Trinajstić information content (AvgIpc) is 4.21. The molecule has 1 fully saturated rings. The van der Waals surface area contributed by atoms with Crippen molar-refractivity contribution >= 4 is 0 Å². The molecule has 9 aromatic rings. The van der Waals surface area contributed by atoms with E-state index in [9.17, 15) is 0 Å². The fourth-order valence-corrected chi connectivity index (χ4v) is 8.94. The van der Waals surface area contributed by atoms with Crippen molar-refractivity contribution < 1.29 is 9.47 Å². The molecule has 0 amide bonds. The third-order valence-corrected chi connectivity index (χ3v) is 11.9. The zero-order valence-electron chi connectivity index (χ0n) is 34.7. The highest BCUT2D eigenvalue weighted by Crippen LogP contribution is 2.51. The van der Waals surface area contributed by atoms with Crippen LogP contribution in [0.15, 0.2) is 273 Å². The minimum atomic E-state index is -0.925. The van der Waals surface area contributed by atoms with Gasteiger partial charge in [0.15, 0.2) is 0 Å². The highest BCUT2D eigenvalue weighted by Gasteiger charge is 2.49. The van der Waals surface area contributed by atoms with Crippen molar-refractivity contribution in [3.63, 3.8) is 0 Å². The molecule has 1 radical (unpaired) electrons. The summed E-state index contributed by atoms with van der Waals surface area (Å²) >= 11 is 0. The molecule has 1 aliphatic rings. The maximum absolute atomic E-state index is 7.94. The first-order valence-corrected chi connectivity index (χ1v) is 21.4.